The molecular weight excluding hydrogens is 228 g/mol. The van der Waals surface area contributed by atoms with E-state index in [0.717, 1.165) is 45.9 Å². The van der Waals surface area contributed by atoms with Gasteiger partial charge in [-0.1, -0.05) is 6.92 Å². The third-order valence-electron chi connectivity index (χ3n) is 4.16. The van der Waals surface area contributed by atoms with Crippen LogP contribution >= 0.6 is 0 Å². The monoisotopic (exact) mass is 256 g/mol. The summed E-state index contributed by atoms with van der Waals surface area (Å²) in [6, 6.07) is 1.10. The van der Waals surface area contributed by atoms with Gasteiger partial charge in [0, 0.05) is 31.8 Å². The van der Waals surface area contributed by atoms with E-state index in [1.54, 1.807) is 0 Å². The summed E-state index contributed by atoms with van der Waals surface area (Å²) in [5, 5.41) is 3.60. The Morgan fingerprint density at radius 1 is 1.17 bits per heavy atom. The standard InChI is InChI=1S/C14H28N2O2/c1-3-15-13-6-8-18-11-14(13)16(2)9-12-5-4-7-17-10-12/h12-15H,3-11H2,1-2H3. The maximum Gasteiger partial charge on any atom is 0.0636 e. The van der Waals surface area contributed by atoms with Crippen molar-refractivity contribution < 1.29 is 9.47 Å². The van der Waals surface area contributed by atoms with E-state index in [1.165, 1.54) is 12.8 Å². The highest BCUT2D eigenvalue weighted by molar-refractivity contribution is 4.86. The van der Waals surface area contributed by atoms with E-state index in [-0.39, 0.29) is 0 Å². The fourth-order valence-electron chi connectivity index (χ4n) is 3.15. The first kappa shape index (κ1) is 14.3. The predicted molar refractivity (Wildman–Crippen MR) is 72.9 cm³/mol. The van der Waals surface area contributed by atoms with Crippen molar-refractivity contribution in [3.8, 4) is 0 Å². The Bertz CT molecular complexity index is 230. The maximum atomic E-state index is 5.66. The van der Waals surface area contributed by atoms with Gasteiger partial charge in [0.1, 0.15) is 0 Å². The van der Waals surface area contributed by atoms with Crippen LogP contribution in [0, 0.1) is 5.92 Å². The SMILES string of the molecule is CCNC1CCOCC1N(C)CC1CCCOC1. The van der Waals surface area contributed by atoms with Gasteiger partial charge < -0.3 is 14.8 Å². The summed E-state index contributed by atoms with van der Waals surface area (Å²) in [5.74, 6) is 0.702. The number of nitrogens with one attached hydrogen (secondary N) is 1. The molecule has 4 nitrogen and oxygen atoms in total. The van der Waals surface area contributed by atoms with Gasteiger partial charge in [-0.2, -0.15) is 0 Å². The molecule has 1 N–H and O–H groups in total. The second-order valence-electron chi connectivity index (χ2n) is 5.62. The number of nitrogens with zero attached hydrogens (tertiary/aromatic N) is 1. The topological polar surface area (TPSA) is 33.7 Å². The van der Waals surface area contributed by atoms with Crippen molar-refractivity contribution in [2.75, 3.05) is 46.6 Å². The van der Waals surface area contributed by atoms with Gasteiger partial charge in [-0.05, 0) is 38.8 Å². The first-order valence-electron chi connectivity index (χ1n) is 7.40. The average Bonchev–Trinajstić information content (AvgIpc) is 2.41. The van der Waals surface area contributed by atoms with Gasteiger partial charge in [-0.25, -0.2) is 0 Å². The molecule has 2 saturated heterocycles. The van der Waals surface area contributed by atoms with E-state index in [9.17, 15) is 0 Å². The highest BCUT2D eigenvalue weighted by Gasteiger charge is 2.29. The molecule has 0 amide bonds. The van der Waals surface area contributed by atoms with Crippen LogP contribution in [-0.2, 0) is 9.47 Å². The number of hydrogen-bond acceptors (Lipinski definition) is 4. The molecule has 2 heterocycles. The van der Waals surface area contributed by atoms with Gasteiger partial charge in [0.15, 0.2) is 0 Å². The molecule has 106 valence electrons. The number of ether oxygens (including phenoxy) is 2. The van der Waals surface area contributed by atoms with E-state index >= 15 is 0 Å². The summed E-state index contributed by atoms with van der Waals surface area (Å²) in [7, 11) is 2.23. The second kappa shape index (κ2) is 7.43. The first-order valence-corrected chi connectivity index (χ1v) is 7.40. The van der Waals surface area contributed by atoms with Crippen LogP contribution in [0.15, 0.2) is 0 Å². The van der Waals surface area contributed by atoms with Crippen LogP contribution < -0.4 is 5.32 Å². The summed E-state index contributed by atoms with van der Waals surface area (Å²) in [6.45, 7) is 8.01. The van der Waals surface area contributed by atoms with E-state index in [2.05, 4.69) is 24.2 Å². The van der Waals surface area contributed by atoms with Gasteiger partial charge in [0.05, 0.1) is 13.2 Å². The zero-order valence-electron chi connectivity index (χ0n) is 11.9. The lowest BCUT2D eigenvalue weighted by atomic mass is 9.98. The number of likely N-dealkylation sites (N-methyl/N-ethyl adjacent to an activating group) is 2. The zero-order chi connectivity index (χ0) is 12.8. The van der Waals surface area contributed by atoms with Crippen molar-refractivity contribution >= 4 is 0 Å². The smallest absolute Gasteiger partial charge is 0.0636 e. The van der Waals surface area contributed by atoms with Crippen LogP contribution in [0.2, 0.25) is 0 Å². The molecule has 0 aromatic carbocycles. The molecule has 0 bridgehead atoms. The van der Waals surface area contributed by atoms with Crippen molar-refractivity contribution in [3.05, 3.63) is 0 Å². The summed E-state index contributed by atoms with van der Waals surface area (Å²) in [6.07, 6.45) is 3.66. The molecule has 18 heavy (non-hydrogen) atoms. The second-order valence-corrected chi connectivity index (χ2v) is 5.62. The van der Waals surface area contributed by atoms with Crippen LogP contribution in [-0.4, -0.2) is 63.5 Å². The fourth-order valence-corrected chi connectivity index (χ4v) is 3.15. The van der Waals surface area contributed by atoms with Crippen LogP contribution in [0.25, 0.3) is 0 Å². The zero-order valence-corrected chi connectivity index (χ0v) is 11.9. The Labute approximate surface area is 111 Å². The molecule has 3 unspecified atom stereocenters. The normalized spacial score (nSPS) is 33.8. The molecule has 2 aliphatic rings. The summed E-state index contributed by atoms with van der Waals surface area (Å²) < 4.78 is 11.2. The average molecular weight is 256 g/mol. The van der Waals surface area contributed by atoms with Crippen LogP contribution in [0.1, 0.15) is 26.2 Å². The predicted octanol–water partition coefficient (Wildman–Crippen LogP) is 1.11. The summed E-state index contributed by atoms with van der Waals surface area (Å²) in [4.78, 5) is 2.48. The third-order valence-corrected chi connectivity index (χ3v) is 4.16. The van der Waals surface area contributed by atoms with E-state index in [1.807, 2.05) is 0 Å². The molecule has 3 atom stereocenters. The first-order chi connectivity index (χ1) is 8.81. The Balaban J connectivity index is 1.82. The van der Waals surface area contributed by atoms with Crippen LogP contribution in [0.4, 0.5) is 0 Å². The van der Waals surface area contributed by atoms with E-state index in [4.69, 9.17) is 9.47 Å². The van der Waals surface area contributed by atoms with E-state index in [0.29, 0.717) is 18.0 Å². The lowest BCUT2D eigenvalue weighted by Gasteiger charge is -2.40. The Morgan fingerprint density at radius 2 is 2.00 bits per heavy atom. The van der Waals surface area contributed by atoms with Crippen molar-refractivity contribution in [1.82, 2.24) is 10.2 Å². The van der Waals surface area contributed by atoms with Crippen LogP contribution in [0.3, 0.4) is 0 Å². The Hall–Kier alpha value is -0.160. The quantitative estimate of drug-likeness (QED) is 0.799. The molecule has 0 aliphatic carbocycles. The third kappa shape index (κ3) is 3.92. The highest BCUT2D eigenvalue weighted by Crippen LogP contribution is 2.19. The van der Waals surface area contributed by atoms with Gasteiger partial charge in [-0.3, -0.25) is 4.90 Å². The maximum absolute atomic E-state index is 5.66. The summed E-state index contributed by atoms with van der Waals surface area (Å²) in [5.41, 5.74) is 0. The Kier molecular flexibility index (Phi) is 5.89. The molecule has 0 saturated carbocycles. The minimum absolute atomic E-state index is 0.514. The fraction of sp³-hybridized carbons (Fsp3) is 1.00. The molecule has 0 radical (unpaired) electrons. The van der Waals surface area contributed by atoms with Crippen molar-refractivity contribution in [2.45, 2.75) is 38.3 Å². The van der Waals surface area contributed by atoms with Crippen LogP contribution in [0.5, 0.6) is 0 Å². The Morgan fingerprint density at radius 3 is 2.72 bits per heavy atom. The van der Waals surface area contributed by atoms with Gasteiger partial charge in [0.25, 0.3) is 0 Å². The molecule has 2 rings (SSSR count). The van der Waals surface area contributed by atoms with Crippen molar-refractivity contribution in [2.24, 2.45) is 5.92 Å². The van der Waals surface area contributed by atoms with Crippen molar-refractivity contribution in [3.63, 3.8) is 0 Å². The van der Waals surface area contributed by atoms with Gasteiger partial charge in [-0.15, -0.1) is 0 Å². The van der Waals surface area contributed by atoms with Gasteiger partial charge >= 0.3 is 0 Å². The molecule has 0 aromatic rings. The minimum Gasteiger partial charge on any atom is -0.381 e. The summed E-state index contributed by atoms with van der Waals surface area (Å²) >= 11 is 0. The number of rotatable bonds is 5. The largest absolute Gasteiger partial charge is 0.381 e. The minimum atomic E-state index is 0.514. The number of hydrogen-bond donors (Lipinski definition) is 1. The van der Waals surface area contributed by atoms with Gasteiger partial charge in [0.2, 0.25) is 0 Å². The highest BCUT2D eigenvalue weighted by atomic mass is 16.5. The lowest BCUT2D eigenvalue weighted by Crippen LogP contribution is -2.55. The van der Waals surface area contributed by atoms with E-state index < -0.39 is 0 Å². The molecule has 2 aliphatic heterocycles. The molecule has 0 spiro atoms. The molecule has 2 fully saturated rings. The van der Waals surface area contributed by atoms with Crippen molar-refractivity contribution in [1.29, 1.82) is 0 Å². The molecule has 4 heteroatoms. The lowest BCUT2D eigenvalue weighted by molar-refractivity contribution is -0.0135. The molecular formula is C14H28N2O2. The molecule has 0 aromatic heterocycles.